The summed E-state index contributed by atoms with van der Waals surface area (Å²) in [5.41, 5.74) is 10.4. The average Bonchev–Trinajstić information content (AvgIpc) is 0.775. The number of hydrogen-bond acceptors (Lipinski definition) is 26. The highest BCUT2D eigenvalue weighted by atomic mass is 35.5. The monoisotopic (exact) mass is 1390 g/mol. The van der Waals surface area contributed by atoms with E-state index in [4.69, 9.17) is 78.0 Å². The quantitative estimate of drug-likeness (QED) is 0.0230. The molecule has 0 amide bonds. The van der Waals surface area contributed by atoms with E-state index in [1.807, 2.05) is 95.9 Å². The summed E-state index contributed by atoms with van der Waals surface area (Å²) in [4.78, 5) is 153. The van der Waals surface area contributed by atoms with Gasteiger partial charge in [0.25, 0.3) is 12.9 Å². The number of benzene rings is 2. The van der Waals surface area contributed by atoms with Gasteiger partial charge in [0.1, 0.15) is 0 Å². The van der Waals surface area contributed by atoms with Crippen molar-refractivity contribution < 1.29 is 77.1 Å². The summed E-state index contributed by atoms with van der Waals surface area (Å²) < 4.78 is 20.9. The summed E-state index contributed by atoms with van der Waals surface area (Å²) in [6.45, 7) is 9.62. The van der Waals surface area contributed by atoms with Gasteiger partial charge in [0.05, 0.1) is 104 Å². The Bertz CT molecular complexity index is 4640. The van der Waals surface area contributed by atoms with E-state index in [1.54, 1.807) is 50.2 Å². The second-order valence-electron chi connectivity index (χ2n) is 22.5. The maximum Gasteiger partial charge on any atom is 0.373 e. The molecule has 8 aromatic heterocycles. The van der Waals surface area contributed by atoms with E-state index in [0.29, 0.717) is 81.9 Å². The topological polar surface area (TPSA) is 364 Å². The average molecular weight is 1390 g/mol. The number of aromatic nitrogens is 8. The molecule has 0 saturated carbocycles. The zero-order valence-electron chi connectivity index (χ0n) is 55.2. The van der Waals surface area contributed by atoms with Crippen LogP contribution in [0.1, 0.15) is 63.3 Å². The van der Waals surface area contributed by atoms with Crippen LogP contribution < -0.4 is 0 Å². The van der Waals surface area contributed by atoms with Gasteiger partial charge in [-0.1, -0.05) is 86.6 Å². The molecule has 10 heterocycles. The van der Waals surface area contributed by atoms with Gasteiger partial charge in [0, 0.05) is 79.9 Å². The van der Waals surface area contributed by atoms with E-state index in [0.717, 1.165) is 62.5 Å². The number of pyridine rings is 8. The molecule has 101 heavy (non-hydrogen) atoms. The highest BCUT2D eigenvalue weighted by Crippen LogP contribution is 2.32. The Morgan fingerprint density at radius 3 is 0.970 bits per heavy atom. The third-order valence-corrected chi connectivity index (χ3v) is 16.4. The molecule has 16 bridgehead atoms. The number of halogens is 1. The van der Waals surface area contributed by atoms with Crippen molar-refractivity contribution in [1.82, 2.24) is 59.5 Å². The number of hydrogen-bond donors (Lipinski definition) is 2. The van der Waals surface area contributed by atoms with Crippen LogP contribution in [-0.4, -0.2) is 183 Å². The molecule has 29 heteroatoms. The fraction of sp³-hybridized carbons (Fsp3) is 0.278. The van der Waals surface area contributed by atoms with Crippen LogP contribution in [0.25, 0.3) is 89.2 Å². The van der Waals surface area contributed by atoms with Gasteiger partial charge in [0.2, 0.25) is 12.1 Å². The summed E-state index contributed by atoms with van der Waals surface area (Å²) in [7, 11) is 0. The molecule has 0 atom stereocenters. The van der Waals surface area contributed by atoms with E-state index < -0.39 is 42.4 Å². The summed E-state index contributed by atoms with van der Waals surface area (Å²) in [5, 5.41) is 23.5. The number of rotatable bonds is 16. The molecule has 0 fully saturated rings. The van der Waals surface area contributed by atoms with E-state index in [1.165, 1.54) is 9.80 Å². The molecular weight excluding hydrogens is 1320 g/mol. The molecule has 2 aliphatic heterocycles. The number of esters is 2. The van der Waals surface area contributed by atoms with Crippen molar-refractivity contribution in [3.63, 3.8) is 0 Å². The number of aliphatic carboxylic acids is 2. The number of carbonyl (C=O) groups is 6. The van der Waals surface area contributed by atoms with Gasteiger partial charge in [-0.25, -0.2) is 63.9 Å². The summed E-state index contributed by atoms with van der Waals surface area (Å²) in [6, 6.07) is 42.9. The number of carboxylic acids is 2. The van der Waals surface area contributed by atoms with Crippen LogP contribution in [0.4, 0.5) is 0 Å². The lowest BCUT2D eigenvalue weighted by atomic mass is 10.1. The first-order valence-electron chi connectivity index (χ1n) is 31.8. The first-order chi connectivity index (χ1) is 48.6. The van der Waals surface area contributed by atoms with Crippen LogP contribution >= 0.6 is 12.4 Å². The number of ether oxygens (including phenoxy) is 4. The van der Waals surface area contributed by atoms with Crippen molar-refractivity contribution in [2.24, 2.45) is 0 Å². The Hall–Kier alpha value is -11.6. The summed E-state index contributed by atoms with van der Waals surface area (Å²) in [6.07, 6.45) is 0.864. The SMILES string of the molecule is CCOC(=O)C(C(=O)OCC)N1CCN(C(CC)CC)Cc2cccc(n2)-c2ccc3ccc4ccc(nc4c3n2)-c2cccc(n2)C1.Cl.O=C=O.O=C=O.O=COC(OC=O)N1CCN(C(C(=O)O)C(=O)O)Cc2cccc(n2)-c2ccc3ccc4ccc(nc4c3n2)-c2cccc(n2)C1. The van der Waals surface area contributed by atoms with Crippen LogP contribution in [0.5, 0.6) is 0 Å². The normalized spacial score (nSPS) is 13.3. The molecule has 28 nitrogen and oxygen atoms in total. The Morgan fingerprint density at radius 2 is 0.673 bits per heavy atom. The zero-order valence-corrected chi connectivity index (χ0v) is 56.0. The van der Waals surface area contributed by atoms with Crippen molar-refractivity contribution in [3.8, 4) is 45.6 Å². The van der Waals surface area contributed by atoms with Gasteiger partial charge in [-0.3, -0.25) is 24.3 Å². The van der Waals surface area contributed by atoms with Gasteiger partial charge < -0.3 is 29.2 Å². The largest absolute Gasteiger partial charge is 0.480 e. The first-order valence-corrected chi connectivity index (χ1v) is 31.8. The third-order valence-electron chi connectivity index (χ3n) is 16.4. The molecule has 2 aromatic carbocycles. The third kappa shape index (κ3) is 18.6. The number of carboxylic acid groups (broad SMARTS) is 2. The first kappa shape index (κ1) is 75.2. The number of fused-ring (bicyclic) bond motifs is 16. The van der Waals surface area contributed by atoms with Crippen molar-refractivity contribution >= 4 is 105 Å². The van der Waals surface area contributed by atoms with Crippen molar-refractivity contribution in [2.45, 2.75) is 91.3 Å². The molecule has 10 aromatic rings. The molecule has 2 aliphatic rings. The fourth-order valence-corrected chi connectivity index (χ4v) is 11.9. The maximum absolute atomic E-state index is 13.4. The molecule has 520 valence electrons. The van der Waals surface area contributed by atoms with Crippen LogP contribution in [0.15, 0.2) is 146 Å². The van der Waals surface area contributed by atoms with Gasteiger partial charge in [-0.2, -0.15) is 19.2 Å². The lowest BCUT2D eigenvalue weighted by Crippen LogP contribution is -2.51. The van der Waals surface area contributed by atoms with Gasteiger partial charge in [-0.05, 0) is 99.5 Å². The Balaban J connectivity index is 0.000000236. The Morgan fingerprint density at radius 1 is 0.406 bits per heavy atom. The predicted octanol–water partition coefficient (Wildman–Crippen LogP) is 8.15. The van der Waals surface area contributed by atoms with E-state index in [-0.39, 0.29) is 89.6 Å². The second-order valence-corrected chi connectivity index (χ2v) is 22.5. The highest BCUT2D eigenvalue weighted by Gasteiger charge is 2.38. The zero-order chi connectivity index (χ0) is 71.2. The minimum Gasteiger partial charge on any atom is -0.480 e. The maximum atomic E-state index is 13.4. The Kier molecular flexibility index (Phi) is 27.0. The van der Waals surface area contributed by atoms with Gasteiger partial charge >= 0.3 is 42.6 Å². The molecule has 0 saturated heterocycles. The lowest BCUT2D eigenvalue weighted by molar-refractivity contribution is -0.208. The van der Waals surface area contributed by atoms with Crippen LogP contribution in [0, 0.1) is 0 Å². The second kappa shape index (κ2) is 36.3. The lowest BCUT2D eigenvalue weighted by Gasteiger charge is -2.34. The van der Waals surface area contributed by atoms with Gasteiger partial charge in [0.15, 0.2) is 0 Å². The highest BCUT2D eigenvalue weighted by molar-refractivity contribution is 6.05. The van der Waals surface area contributed by atoms with Crippen molar-refractivity contribution in [2.75, 3.05) is 39.4 Å². The van der Waals surface area contributed by atoms with Crippen LogP contribution in [0.2, 0.25) is 0 Å². The molecule has 0 spiro atoms. The van der Waals surface area contributed by atoms with E-state index in [2.05, 4.69) is 36.9 Å². The smallest absolute Gasteiger partial charge is 0.373 e. The predicted molar refractivity (Wildman–Crippen MR) is 364 cm³/mol. The minimum absolute atomic E-state index is 0. The summed E-state index contributed by atoms with van der Waals surface area (Å²) in [5.74, 6) is -4.42. The fourth-order valence-electron chi connectivity index (χ4n) is 11.9. The van der Waals surface area contributed by atoms with Crippen LogP contribution in [0.3, 0.4) is 0 Å². The van der Waals surface area contributed by atoms with E-state index >= 15 is 0 Å². The Labute approximate surface area is 583 Å². The summed E-state index contributed by atoms with van der Waals surface area (Å²) >= 11 is 0. The number of carbonyl (C=O) groups excluding carboxylic acids is 8. The molecule has 0 radical (unpaired) electrons. The number of nitrogens with zero attached hydrogens (tertiary/aromatic N) is 12. The molecule has 0 aliphatic carbocycles. The van der Waals surface area contributed by atoms with E-state index in [9.17, 15) is 39.0 Å². The molecular formula is C72H69ClN12O16. The molecule has 0 unspecified atom stereocenters. The van der Waals surface area contributed by atoms with Crippen molar-refractivity contribution in [3.05, 3.63) is 168 Å². The molecule has 12 rings (SSSR count). The minimum atomic E-state index is -1.94. The molecule has 2 N–H and O–H groups in total. The van der Waals surface area contributed by atoms with Gasteiger partial charge in [-0.15, -0.1) is 12.4 Å². The van der Waals surface area contributed by atoms with Crippen LogP contribution in [-0.2, 0) is 93.1 Å². The van der Waals surface area contributed by atoms with Crippen molar-refractivity contribution in [1.29, 1.82) is 0 Å². The standard InChI is InChI=1S/C38H42N6O4.C32H26N6O8.2CO2.ClH/c1-5-29(6-2)43-21-22-44(36(37(45)47-7-3)38(46)48-8-4)24-28-12-10-14-31(40-28)33-20-18-26-16-15-25-17-19-32(41-34(25)35(26)42-33)30-13-9-11-27(23-43)39-30;39-17-45-32(46-18-40)38-14-13-37(29(30(41)42)31(43)44)15-21-3-1-5-23(33-21)25-11-9-19-7-8-20-10-12-26(36-28(20)27(19)35-25)24-6-2-4-22(16-38)34-24;2*2-1-3;/h9-20,29,36H,5-8,21-24H2,1-4H3;1-12,17-18,29,32H,13-16H2,(H,41,42)(H,43,44);;;1H.